The van der Waals surface area contributed by atoms with Crippen molar-refractivity contribution in [1.29, 1.82) is 0 Å². The highest BCUT2D eigenvalue weighted by Crippen LogP contribution is 2.25. The van der Waals surface area contributed by atoms with Gasteiger partial charge in [0.1, 0.15) is 6.54 Å². The minimum absolute atomic E-state index is 0.0761. The summed E-state index contributed by atoms with van der Waals surface area (Å²) < 4.78 is 42.7. The summed E-state index contributed by atoms with van der Waals surface area (Å²) >= 11 is 12.4. The molecule has 1 unspecified atom stereocenters. The number of halogens is 5. The van der Waals surface area contributed by atoms with Gasteiger partial charge in [-0.15, -0.1) is 10.2 Å². The van der Waals surface area contributed by atoms with Gasteiger partial charge in [0.25, 0.3) is 0 Å². The van der Waals surface area contributed by atoms with Crippen LogP contribution in [0.1, 0.15) is 18.7 Å². The minimum Gasteiger partial charge on any atom is -0.382 e. The Morgan fingerprint density at radius 1 is 1.05 bits per heavy atom. The lowest BCUT2D eigenvalue weighted by atomic mass is 10.2. The second-order valence-corrected chi connectivity index (χ2v) is 10.4. The third kappa shape index (κ3) is 6.45. The van der Waals surface area contributed by atoms with E-state index in [-0.39, 0.29) is 30.0 Å². The number of hydrogen-bond acceptors (Lipinski definition) is 7. The van der Waals surface area contributed by atoms with Gasteiger partial charge < -0.3 is 15.3 Å². The molecule has 1 amide bonds. The number of aliphatic hydroxyl groups is 1. The molecule has 1 saturated heterocycles. The summed E-state index contributed by atoms with van der Waals surface area (Å²) in [6.07, 6.45) is -6.43. The molecule has 2 N–H and O–H groups in total. The maximum atomic E-state index is 13.3. The predicted molar refractivity (Wildman–Crippen MR) is 149 cm³/mol. The van der Waals surface area contributed by atoms with E-state index in [2.05, 4.69) is 20.5 Å². The first-order valence-corrected chi connectivity index (χ1v) is 13.7. The number of carbonyl (C=O) groups is 1. The number of nitrogens with zero attached hydrogens (tertiary/aromatic N) is 7. The monoisotopic (exact) mass is 624 g/mol. The Morgan fingerprint density at radius 2 is 1.79 bits per heavy atom. The van der Waals surface area contributed by atoms with Crippen LogP contribution in [0.2, 0.25) is 10.0 Å². The van der Waals surface area contributed by atoms with Gasteiger partial charge >= 0.3 is 11.9 Å². The van der Waals surface area contributed by atoms with Crippen LogP contribution < -0.4 is 11.0 Å². The third-order valence-electron chi connectivity index (χ3n) is 6.62. The van der Waals surface area contributed by atoms with E-state index < -0.39 is 24.5 Å². The first-order valence-electron chi connectivity index (χ1n) is 12.9. The van der Waals surface area contributed by atoms with Crippen LogP contribution in [0, 0.1) is 0 Å². The number of hydrogen-bond donors (Lipinski definition) is 2. The van der Waals surface area contributed by atoms with Crippen LogP contribution in [0.5, 0.6) is 0 Å². The quantitative estimate of drug-likeness (QED) is 0.276. The number of likely N-dealkylation sites (tertiary alicyclic amines) is 1. The molecule has 0 radical (unpaired) electrons. The van der Waals surface area contributed by atoms with Crippen LogP contribution in [-0.2, 0) is 17.9 Å². The van der Waals surface area contributed by atoms with E-state index in [1.54, 1.807) is 29.2 Å². The van der Waals surface area contributed by atoms with E-state index >= 15 is 0 Å². The molecule has 1 aliphatic heterocycles. The van der Waals surface area contributed by atoms with E-state index in [4.69, 9.17) is 23.2 Å². The van der Waals surface area contributed by atoms with Crippen molar-refractivity contribution in [2.24, 2.45) is 0 Å². The zero-order valence-corrected chi connectivity index (χ0v) is 23.4. The Balaban J connectivity index is 1.48. The van der Waals surface area contributed by atoms with Gasteiger partial charge in [-0.2, -0.15) is 22.8 Å². The number of rotatable bonds is 10. The molecule has 16 heteroatoms. The van der Waals surface area contributed by atoms with Crippen molar-refractivity contribution < 1.29 is 23.1 Å². The van der Waals surface area contributed by atoms with Crippen LogP contribution in [0.4, 0.5) is 19.1 Å². The van der Waals surface area contributed by atoms with Gasteiger partial charge in [0.2, 0.25) is 11.9 Å². The molecule has 1 atom stereocenters. The Morgan fingerprint density at radius 3 is 2.45 bits per heavy atom. The minimum atomic E-state index is -4.95. The smallest absolute Gasteiger partial charge is 0.382 e. The highest BCUT2D eigenvalue weighted by atomic mass is 35.5. The van der Waals surface area contributed by atoms with Crippen LogP contribution in [0.3, 0.4) is 0 Å². The SMILES string of the molecule is O=C1CCCN1CCNc1nc(Cn2nc(-c3ccc(Cl)cc3)n(CC(O)C(F)(F)F)c2=O)nn1-c1ccccc1Cl. The fraction of sp³-hybridized carbons (Fsp3) is 0.346. The molecular formula is C26H25Cl2F3N8O3. The molecule has 42 heavy (non-hydrogen) atoms. The van der Waals surface area contributed by atoms with Gasteiger partial charge in [0.05, 0.1) is 17.3 Å². The lowest BCUT2D eigenvalue weighted by Crippen LogP contribution is -2.37. The molecule has 222 valence electrons. The Labute approximate surface area is 247 Å². The summed E-state index contributed by atoms with van der Waals surface area (Å²) in [7, 11) is 0. The molecule has 11 nitrogen and oxygen atoms in total. The Hall–Kier alpha value is -3.88. The average molecular weight is 625 g/mol. The molecule has 5 rings (SSSR count). The fourth-order valence-corrected chi connectivity index (χ4v) is 4.84. The van der Waals surface area contributed by atoms with Crippen LogP contribution in [0.25, 0.3) is 17.1 Å². The summed E-state index contributed by atoms with van der Waals surface area (Å²) in [6, 6.07) is 12.9. The highest BCUT2D eigenvalue weighted by molar-refractivity contribution is 6.32. The molecule has 4 aromatic rings. The van der Waals surface area contributed by atoms with Crippen molar-refractivity contribution in [2.45, 2.75) is 38.2 Å². The molecule has 0 aliphatic carbocycles. The van der Waals surface area contributed by atoms with E-state index in [1.807, 2.05) is 0 Å². The van der Waals surface area contributed by atoms with Crippen LogP contribution >= 0.6 is 23.2 Å². The van der Waals surface area contributed by atoms with Gasteiger partial charge in [0.15, 0.2) is 17.8 Å². The van der Waals surface area contributed by atoms with Crippen molar-refractivity contribution >= 4 is 35.1 Å². The van der Waals surface area contributed by atoms with Gasteiger partial charge in [-0.3, -0.25) is 9.36 Å². The second-order valence-electron chi connectivity index (χ2n) is 9.56. The molecule has 0 bridgehead atoms. The number of carbonyl (C=O) groups excluding carboxylic acids is 1. The van der Waals surface area contributed by atoms with Crippen molar-refractivity contribution in [3.63, 3.8) is 0 Å². The molecule has 1 aliphatic rings. The topological polar surface area (TPSA) is 123 Å². The molecule has 2 aromatic carbocycles. The molecule has 2 aromatic heterocycles. The first kappa shape index (κ1) is 29.6. The zero-order chi connectivity index (χ0) is 30.0. The number of amides is 1. The van der Waals surface area contributed by atoms with Gasteiger partial charge in [-0.25, -0.2) is 9.48 Å². The summed E-state index contributed by atoms with van der Waals surface area (Å²) in [5, 5.41) is 22.4. The lowest BCUT2D eigenvalue weighted by molar-refractivity contribution is -0.207. The fourth-order valence-electron chi connectivity index (χ4n) is 4.50. The van der Waals surface area contributed by atoms with Crippen LogP contribution in [0.15, 0.2) is 53.3 Å². The molecular weight excluding hydrogens is 600 g/mol. The maximum absolute atomic E-state index is 13.3. The predicted octanol–water partition coefficient (Wildman–Crippen LogP) is 3.61. The number of nitrogens with one attached hydrogen (secondary N) is 1. The maximum Gasteiger partial charge on any atom is 0.416 e. The molecule has 0 spiro atoms. The normalized spacial score (nSPS) is 14.5. The van der Waals surface area contributed by atoms with Gasteiger partial charge in [-0.05, 0) is 42.8 Å². The summed E-state index contributed by atoms with van der Waals surface area (Å²) in [4.78, 5) is 31.5. The second kappa shape index (κ2) is 12.2. The van der Waals surface area contributed by atoms with Crippen molar-refractivity contribution in [1.82, 2.24) is 34.0 Å². The van der Waals surface area contributed by atoms with E-state index in [0.29, 0.717) is 47.4 Å². The Bertz CT molecular complexity index is 1630. The average Bonchev–Trinajstić information content (AvgIpc) is 3.63. The number of anilines is 1. The van der Waals surface area contributed by atoms with Crippen LogP contribution in [-0.4, -0.2) is 76.9 Å². The van der Waals surface area contributed by atoms with Gasteiger partial charge in [0, 0.05) is 36.6 Å². The molecule has 0 saturated carbocycles. The number of aromatic nitrogens is 6. The standard InChI is InChI=1S/C26H25Cl2F3N8O3/c27-17-9-7-16(8-10-17)23-35-38(25(42)37(23)14-20(40)26(29,30)31)15-21-33-24(32-11-13-36-12-3-6-22(36)41)39(34-21)19-5-2-1-4-18(19)28/h1-2,4-5,7-10,20,40H,3,6,11-15H2,(H,32,33,34). The van der Waals surface area contributed by atoms with Gasteiger partial charge in [-0.1, -0.05) is 35.3 Å². The van der Waals surface area contributed by atoms with Crippen molar-refractivity contribution in [3.8, 4) is 17.1 Å². The number of benzene rings is 2. The lowest BCUT2D eigenvalue weighted by Gasteiger charge is -2.16. The summed E-state index contributed by atoms with van der Waals surface area (Å²) in [5.74, 6) is 0.370. The zero-order valence-electron chi connectivity index (χ0n) is 21.9. The number of aliphatic hydroxyl groups excluding tert-OH is 1. The van der Waals surface area contributed by atoms with E-state index in [0.717, 1.165) is 15.7 Å². The number of para-hydroxylation sites is 1. The molecule has 1 fully saturated rings. The first-order chi connectivity index (χ1) is 20.0. The van der Waals surface area contributed by atoms with Crippen molar-refractivity contribution in [3.05, 3.63) is 74.9 Å². The molecule has 3 heterocycles. The highest BCUT2D eigenvalue weighted by Gasteiger charge is 2.39. The van der Waals surface area contributed by atoms with E-state index in [1.165, 1.54) is 28.9 Å². The Kier molecular flexibility index (Phi) is 8.57. The number of alkyl halides is 3. The summed E-state index contributed by atoms with van der Waals surface area (Å²) in [6.45, 7) is 0.112. The van der Waals surface area contributed by atoms with E-state index in [9.17, 15) is 27.9 Å². The van der Waals surface area contributed by atoms with Crippen molar-refractivity contribution in [2.75, 3.05) is 25.0 Å². The third-order valence-corrected chi connectivity index (χ3v) is 7.19. The summed E-state index contributed by atoms with van der Waals surface area (Å²) in [5.41, 5.74) is -0.0944. The largest absolute Gasteiger partial charge is 0.416 e.